The first-order valence-corrected chi connectivity index (χ1v) is 7.22. The van der Waals surface area contributed by atoms with Gasteiger partial charge in [0.1, 0.15) is 5.03 Å². The second-order valence-electron chi connectivity index (χ2n) is 4.68. The average molecular weight is 324 g/mol. The standard InChI is InChI=1S/C14H11F3N4S/c1-8-9(2)21-11(19-20-13(21)14(15,16)17)12(18-8)22-10-6-4-3-5-7-10/h3-7H,1-2H3. The lowest BCUT2D eigenvalue weighted by atomic mass is 10.3. The maximum absolute atomic E-state index is 13.1. The summed E-state index contributed by atoms with van der Waals surface area (Å²) in [6.07, 6.45) is -4.56. The van der Waals surface area contributed by atoms with E-state index in [0.717, 1.165) is 9.30 Å². The van der Waals surface area contributed by atoms with Gasteiger partial charge in [-0.15, -0.1) is 10.2 Å². The van der Waals surface area contributed by atoms with E-state index in [9.17, 15) is 13.2 Å². The van der Waals surface area contributed by atoms with E-state index >= 15 is 0 Å². The van der Waals surface area contributed by atoms with E-state index in [1.54, 1.807) is 13.8 Å². The average Bonchev–Trinajstić information content (AvgIpc) is 2.91. The van der Waals surface area contributed by atoms with Crippen LogP contribution in [0.5, 0.6) is 0 Å². The third-order valence-corrected chi connectivity index (χ3v) is 4.17. The molecule has 0 saturated heterocycles. The van der Waals surface area contributed by atoms with Crippen molar-refractivity contribution in [3.8, 4) is 0 Å². The van der Waals surface area contributed by atoms with Gasteiger partial charge < -0.3 is 0 Å². The topological polar surface area (TPSA) is 43.1 Å². The van der Waals surface area contributed by atoms with Crippen LogP contribution < -0.4 is 0 Å². The summed E-state index contributed by atoms with van der Waals surface area (Å²) in [6.45, 7) is 3.24. The Morgan fingerprint density at radius 2 is 1.73 bits per heavy atom. The summed E-state index contributed by atoms with van der Waals surface area (Å²) in [4.78, 5) is 5.24. The Bertz CT molecular complexity index is 827. The Hall–Kier alpha value is -2.09. The molecule has 22 heavy (non-hydrogen) atoms. The van der Waals surface area contributed by atoms with Crippen LogP contribution in [0.2, 0.25) is 0 Å². The molecule has 3 rings (SSSR count). The number of aryl methyl sites for hydroxylation is 2. The fraction of sp³-hybridized carbons (Fsp3) is 0.214. The predicted octanol–water partition coefficient (Wildman–Crippen LogP) is 3.91. The molecule has 1 aromatic carbocycles. The van der Waals surface area contributed by atoms with E-state index in [2.05, 4.69) is 15.2 Å². The molecular formula is C14H11F3N4S. The summed E-state index contributed by atoms with van der Waals surface area (Å²) in [5.41, 5.74) is 1.00. The second-order valence-corrected chi connectivity index (χ2v) is 5.75. The van der Waals surface area contributed by atoms with Gasteiger partial charge >= 0.3 is 6.18 Å². The van der Waals surface area contributed by atoms with Gasteiger partial charge in [0.2, 0.25) is 5.82 Å². The summed E-state index contributed by atoms with van der Waals surface area (Å²) in [6, 6.07) is 9.29. The summed E-state index contributed by atoms with van der Waals surface area (Å²) in [5, 5.41) is 7.40. The molecule has 0 aliphatic heterocycles. The second kappa shape index (κ2) is 5.28. The van der Waals surface area contributed by atoms with Gasteiger partial charge in [-0.05, 0) is 26.0 Å². The smallest absolute Gasteiger partial charge is 0.272 e. The quantitative estimate of drug-likeness (QED) is 0.717. The predicted molar refractivity (Wildman–Crippen MR) is 75.8 cm³/mol. The molecule has 0 radical (unpaired) electrons. The van der Waals surface area contributed by atoms with Gasteiger partial charge in [0.25, 0.3) is 0 Å². The minimum Gasteiger partial charge on any atom is -0.272 e. The zero-order valence-electron chi connectivity index (χ0n) is 11.7. The van der Waals surface area contributed by atoms with Crippen LogP contribution in [0.3, 0.4) is 0 Å². The molecule has 0 atom stereocenters. The Morgan fingerprint density at radius 1 is 1.05 bits per heavy atom. The minimum atomic E-state index is -4.56. The highest BCUT2D eigenvalue weighted by Crippen LogP contribution is 2.34. The Morgan fingerprint density at radius 3 is 2.36 bits per heavy atom. The Balaban J connectivity index is 2.20. The summed E-state index contributed by atoms with van der Waals surface area (Å²) in [5.74, 6) is -1.03. The first-order valence-electron chi connectivity index (χ1n) is 6.40. The molecular weight excluding hydrogens is 313 g/mol. The van der Waals surface area contributed by atoms with Crippen molar-refractivity contribution >= 4 is 17.4 Å². The van der Waals surface area contributed by atoms with Crippen molar-refractivity contribution in [3.63, 3.8) is 0 Å². The molecule has 0 N–H and O–H groups in total. The fourth-order valence-corrected chi connectivity index (χ4v) is 2.96. The molecule has 0 saturated carbocycles. The molecule has 0 spiro atoms. The van der Waals surface area contributed by atoms with Crippen LogP contribution >= 0.6 is 11.8 Å². The van der Waals surface area contributed by atoms with E-state index in [-0.39, 0.29) is 5.65 Å². The summed E-state index contributed by atoms with van der Waals surface area (Å²) >= 11 is 1.26. The van der Waals surface area contributed by atoms with Crippen LogP contribution in [0.4, 0.5) is 13.2 Å². The lowest BCUT2D eigenvalue weighted by Crippen LogP contribution is -2.13. The molecule has 0 aliphatic carbocycles. The van der Waals surface area contributed by atoms with Crippen molar-refractivity contribution in [2.45, 2.75) is 29.9 Å². The molecule has 114 valence electrons. The number of hydrogen-bond acceptors (Lipinski definition) is 4. The largest absolute Gasteiger partial charge is 0.452 e. The molecule has 8 heteroatoms. The Kier molecular flexibility index (Phi) is 3.56. The van der Waals surface area contributed by atoms with Gasteiger partial charge in [-0.25, -0.2) is 4.98 Å². The van der Waals surface area contributed by atoms with Crippen molar-refractivity contribution < 1.29 is 13.2 Å². The zero-order chi connectivity index (χ0) is 15.9. The highest BCUT2D eigenvalue weighted by atomic mass is 32.2. The third kappa shape index (κ3) is 2.54. The van der Waals surface area contributed by atoms with Gasteiger partial charge in [-0.1, -0.05) is 30.0 Å². The zero-order valence-corrected chi connectivity index (χ0v) is 12.5. The molecule has 0 amide bonds. The van der Waals surface area contributed by atoms with Crippen LogP contribution in [0.15, 0.2) is 40.3 Å². The normalized spacial score (nSPS) is 12.0. The first-order chi connectivity index (χ1) is 10.4. The van der Waals surface area contributed by atoms with E-state index in [1.165, 1.54) is 11.8 Å². The van der Waals surface area contributed by atoms with Crippen molar-refractivity contribution in [1.82, 2.24) is 19.6 Å². The summed E-state index contributed by atoms with van der Waals surface area (Å²) < 4.78 is 40.2. The lowest BCUT2D eigenvalue weighted by Gasteiger charge is -2.11. The van der Waals surface area contributed by atoms with Gasteiger partial charge in [0.15, 0.2) is 5.65 Å². The SMILES string of the molecule is Cc1nc(Sc2ccccc2)c2nnc(C(F)(F)F)n2c1C. The Labute approximate surface area is 128 Å². The number of fused-ring (bicyclic) bond motifs is 1. The minimum absolute atomic E-state index is 0.115. The number of nitrogens with zero attached hydrogens (tertiary/aromatic N) is 4. The van der Waals surface area contributed by atoms with Crippen LogP contribution in [-0.4, -0.2) is 19.6 Å². The van der Waals surface area contributed by atoms with Crippen molar-refractivity contribution in [1.29, 1.82) is 0 Å². The summed E-state index contributed by atoms with van der Waals surface area (Å²) in [7, 11) is 0. The van der Waals surface area contributed by atoms with Crippen molar-refractivity contribution in [2.75, 3.05) is 0 Å². The van der Waals surface area contributed by atoms with Crippen molar-refractivity contribution in [3.05, 3.63) is 47.5 Å². The molecule has 0 fully saturated rings. The van der Waals surface area contributed by atoms with Crippen LogP contribution in [-0.2, 0) is 6.18 Å². The van der Waals surface area contributed by atoms with Gasteiger partial charge in [-0.2, -0.15) is 13.2 Å². The number of alkyl halides is 3. The van der Waals surface area contributed by atoms with Gasteiger partial charge in [0.05, 0.1) is 5.69 Å². The molecule has 0 aliphatic rings. The molecule has 3 aromatic rings. The third-order valence-electron chi connectivity index (χ3n) is 3.19. The van der Waals surface area contributed by atoms with E-state index in [1.807, 2.05) is 30.3 Å². The maximum Gasteiger partial charge on any atom is 0.452 e. The maximum atomic E-state index is 13.1. The lowest BCUT2D eigenvalue weighted by molar-refractivity contribution is -0.145. The van der Waals surface area contributed by atoms with E-state index in [4.69, 9.17) is 0 Å². The number of aromatic nitrogens is 4. The number of rotatable bonds is 2. The molecule has 2 aromatic heterocycles. The van der Waals surface area contributed by atoms with Gasteiger partial charge in [0, 0.05) is 10.6 Å². The number of halogens is 3. The van der Waals surface area contributed by atoms with Crippen molar-refractivity contribution in [2.24, 2.45) is 0 Å². The fourth-order valence-electron chi connectivity index (χ4n) is 2.04. The van der Waals surface area contributed by atoms with Crippen LogP contribution in [0, 0.1) is 13.8 Å². The molecule has 0 bridgehead atoms. The number of benzene rings is 1. The number of hydrogen-bond donors (Lipinski definition) is 0. The van der Waals surface area contributed by atoms with Crippen LogP contribution in [0.1, 0.15) is 17.2 Å². The van der Waals surface area contributed by atoms with Gasteiger partial charge in [-0.3, -0.25) is 4.40 Å². The van der Waals surface area contributed by atoms with Crippen LogP contribution in [0.25, 0.3) is 5.65 Å². The van der Waals surface area contributed by atoms with E-state index < -0.39 is 12.0 Å². The first kappa shape index (κ1) is 14.8. The molecule has 4 nitrogen and oxygen atoms in total. The highest BCUT2D eigenvalue weighted by Gasteiger charge is 2.38. The van der Waals surface area contributed by atoms with E-state index in [0.29, 0.717) is 16.4 Å². The monoisotopic (exact) mass is 324 g/mol. The molecule has 0 unspecified atom stereocenters. The molecule has 2 heterocycles. The highest BCUT2D eigenvalue weighted by molar-refractivity contribution is 7.99.